The molecule has 0 atom stereocenters. The minimum Gasteiger partial charge on any atom is -0.493 e. The molecule has 1 amide bonds. The van der Waals surface area contributed by atoms with Crippen LogP contribution in [0.3, 0.4) is 0 Å². The first-order chi connectivity index (χ1) is 9.94. The maximum absolute atomic E-state index is 12.4. The predicted molar refractivity (Wildman–Crippen MR) is 84.5 cm³/mol. The van der Waals surface area contributed by atoms with Crippen molar-refractivity contribution < 1.29 is 19.0 Å². The fraction of sp³-hybridized carbons (Fsp3) is 0.429. The monoisotopic (exact) mass is 312 g/mol. The van der Waals surface area contributed by atoms with E-state index in [-0.39, 0.29) is 5.91 Å². The number of benzene rings is 1. The molecule has 0 saturated heterocycles. The summed E-state index contributed by atoms with van der Waals surface area (Å²) in [5.74, 6) is 1.14. The molecule has 0 aliphatic rings. The van der Waals surface area contributed by atoms with E-state index in [1.807, 2.05) is 0 Å². The van der Waals surface area contributed by atoms with Gasteiger partial charge in [0.05, 0.1) is 26.3 Å². The standard InChI is InChI=1S/C14H20N2O4S/c1-16(6-5-12(15)21)14(17)9-7-10(18-2)13(20-4)11(8-9)19-3/h7-8H,5-6H2,1-4H3,(H2,15,21). The molecule has 7 heteroatoms. The summed E-state index contributed by atoms with van der Waals surface area (Å²) in [5.41, 5.74) is 5.89. The maximum Gasteiger partial charge on any atom is 0.253 e. The molecule has 0 aliphatic carbocycles. The SMILES string of the molecule is COc1cc(C(=O)N(C)CCC(N)=S)cc(OC)c1OC. The Hall–Kier alpha value is -2.02. The largest absolute Gasteiger partial charge is 0.493 e. The Morgan fingerprint density at radius 3 is 2.10 bits per heavy atom. The lowest BCUT2D eigenvalue weighted by molar-refractivity contribution is 0.0798. The third-order valence-electron chi connectivity index (χ3n) is 2.95. The number of hydrogen-bond donors (Lipinski definition) is 1. The molecule has 1 aromatic rings. The second kappa shape index (κ2) is 7.68. The fourth-order valence-corrected chi connectivity index (χ4v) is 1.90. The quantitative estimate of drug-likeness (QED) is 0.768. The van der Waals surface area contributed by atoms with Gasteiger partial charge in [0.15, 0.2) is 11.5 Å². The van der Waals surface area contributed by atoms with Crippen molar-refractivity contribution in [3.8, 4) is 17.2 Å². The molecule has 0 saturated carbocycles. The van der Waals surface area contributed by atoms with Crippen LogP contribution in [-0.2, 0) is 0 Å². The summed E-state index contributed by atoms with van der Waals surface area (Å²) in [6.45, 7) is 0.449. The second-order valence-corrected chi connectivity index (χ2v) is 4.88. The number of nitrogens with zero attached hydrogens (tertiary/aromatic N) is 1. The lowest BCUT2D eigenvalue weighted by atomic mass is 10.1. The Kier molecular flexibility index (Phi) is 6.23. The second-order valence-electron chi connectivity index (χ2n) is 4.36. The van der Waals surface area contributed by atoms with Crippen molar-refractivity contribution in [2.45, 2.75) is 6.42 Å². The van der Waals surface area contributed by atoms with E-state index in [1.54, 1.807) is 24.1 Å². The van der Waals surface area contributed by atoms with Gasteiger partial charge < -0.3 is 24.8 Å². The summed E-state index contributed by atoms with van der Waals surface area (Å²) in [7, 11) is 6.20. The van der Waals surface area contributed by atoms with Crippen molar-refractivity contribution >= 4 is 23.1 Å². The molecule has 0 unspecified atom stereocenters. The first kappa shape index (κ1) is 17.0. The molecular formula is C14H20N2O4S. The Balaban J connectivity index is 3.06. The predicted octanol–water partition coefficient (Wildman–Crippen LogP) is 1.46. The van der Waals surface area contributed by atoms with Crippen molar-refractivity contribution in [2.75, 3.05) is 34.9 Å². The smallest absolute Gasteiger partial charge is 0.253 e. The van der Waals surface area contributed by atoms with Crippen LogP contribution in [0.25, 0.3) is 0 Å². The lowest BCUT2D eigenvalue weighted by Gasteiger charge is -2.19. The molecule has 0 spiro atoms. The normalized spacial score (nSPS) is 9.90. The van der Waals surface area contributed by atoms with Crippen LogP contribution in [-0.4, -0.2) is 50.7 Å². The zero-order valence-electron chi connectivity index (χ0n) is 12.6. The number of ether oxygens (including phenoxy) is 3. The van der Waals surface area contributed by atoms with Gasteiger partial charge in [-0.2, -0.15) is 0 Å². The fourth-order valence-electron chi connectivity index (χ4n) is 1.80. The molecule has 1 aromatic carbocycles. The summed E-state index contributed by atoms with van der Waals surface area (Å²) >= 11 is 4.81. The van der Waals surface area contributed by atoms with E-state index in [1.165, 1.54) is 21.3 Å². The highest BCUT2D eigenvalue weighted by Crippen LogP contribution is 2.38. The van der Waals surface area contributed by atoms with Crippen LogP contribution < -0.4 is 19.9 Å². The average molecular weight is 312 g/mol. The van der Waals surface area contributed by atoms with E-state index in [9.17, 15) is 4.79 Å². The van der Waals surface area contributed by atoms with Crippen LogP contribution in [0.1, 0.15) is 16.8 Å². The van der Waals surface area contributed by atoms with E-state index >= 15 is 0 Å². The molecule has 116 valence electrons. The van der Waals surface area contributed by atoms with Crippen LogP contribution in [0.4, 0.5) is 0 Å². The molecule has 0 fully saturated rings. The van der Waals surface area contributed by atoms with Crippen LogP contribution >= 0.6 is 12.2 Å². The molecule has 6 nitrogen and oxygen atoms in total. The van der Waals surface area contributed by atoms with Gasteiger partial charge in [0, 0.05) is 25.6 Å². The number of methoxy groups -OCH3 is 3. The molecule has 2 N–H and O–H groups in total. The van der Waals surface area contributed by atoms with Crippen LogP contribution in [0, 0.1) is 0 Å². The molecular weight excluding hydrogens is 292 g/mol. The third kappa shape index (κ3) is 4.22. The number of nitrogens with two attached hydrogens (primary N) is 1. The highest BCUT2D eigenvalue weighted by Gasteiger charge is 2.19. The van der Waals surface area contributed by atoms with Crippen molar-refractivity contribution in [3.63, 3.8) is 0 Å². The van der Waals surface area contributed by atoms with Crippen LogP contribution in [0.2, 0.25) is 0 Å². The summed E-state index contributed by atoms with van der Waals surface area (Å²) < 4.78 is 15.7. The first-order valence-electron chi connectivity index (χ1n) is 6.28. The van der Waals surface area contributed by atoms with E-state index in [2.05, 4.69) is 0 Å². The van der Waals surface area contributed by atoms with E-state index < -0.39 is 0 Å². The van der Waals surface area contributed by atoms with Gasteiger partial charge in [0.25, 0.3) is 5.91 Å². The van der Waals surface area contributed by atoms with Crippen molar-refractivity contribution in [3.05, 3.63) is 17.7 Å². The number of amides is 1. The number of rotatable bonds is 7. The van der Waals surface area contributed by atoms with Crippen molar-refractivity contribution in [1.29, 1.82) is 0 Å². The van der Waals surface area contributed by atoms with Gasteiger partial charge in [-0.1, -0.05) is 12.2 Å². The van der Waals surface area contributed by atoms with Gasteiger partial charge in [-0.15, -0.1) is 0 Å². The topological polar surface area (TPSA) is 74.0 Å². The maximum atomic E-state index is 12.4. The molecule has 0 heterocycles. The summed E-state index contributed by atoms with van der Waals surface area (Å²) in [4.78, 5) is 14.3. The minimum atomic E-state index is -0.175. The molecule has 0 radical (unpaired) electrons. The number of thiocarbonyl (C=S) groups is 1. The van der Waals surface area contributed by atoms with Gasteiger partial charge in [-0.05, 0) is 12.1 Å². The Bertz CT molecular complexity index is 509. The molecule has 21 heavy (non-hydrogen) atoms. The van der Waals surface area contributed by atoms with Crippen molar-refractivity contribution in [2.24, 2.45) is 5.73 Å². The number of hydrogen-bond acceptors (Lipinski definition) is 5. The molecule has 0 aromatic heterocycles. The number of carbonyl (C=O) groups excluding carboxylic acids is 1. The van der Waals surface area contributed by atoms with Gasteiger partial charge in [-0.25, -0.2) is 0 Å². The Morgan fingerprint density at radius 2 is 1.71 bits per heavy atom. The van der Waals surface area contributed by atoms with Crippen LogP contribution in [0.15, 0.2) is 12.1 Å². The lowest BCUT2D eigenvalue weighted by Crippen LogP contribution is -2.30. The summed E-state index contributed by atoms with van der Waals surface area (Å²) in [6.07, 6.45) is 0.474. The van der Waals surface area contributed by atoms with Crippen molar-refractivity contribution in [1.82, 2.24) is 4.90 Å². The van der Waals surface area contributed by atoms with Gasteiger partial charge >= 0.3 is 0 Å². The minimum absolute atomic E-state index is 0.175. The Labute approximate surface area is 129 Å². The van der Waals surface area contributed by atoms with E-state index in [0.717, 1.165) is 0 Å². The van der Waals surface area contributed by atoms with Gasteiger partial charge in [0.1, 0.15) is 0 Å². The zero-order chi connectivity index (χ0) is 16.0. The Morgan fingerprint density at radius 1 is 1.19 bits per heavy atom. The summed E-state index contributed by atoms with van der Waals surface area (Å²) in [6, 6.07) is 3.22. The highest BCUT2D eigenvalue weighted by atomic mass is 32.1. The molecule has 0 bridgehead atoms. The third-order valence-corrected chi connectivity index (χ3v) is 3.16. The average Bonchev–Trinajstić information content (AvgIpc) is 2.49. The summed E-state index contributed by atoms with van der Waals surface area (Å²) in [5, 5.41) is 0. The first-order valence-corrected chi connectivity index (χ1v) is 6.69. The zero-order valence-corrected chi connectivity index (χ0v) is 13.5. The van der Waals surface area contributed by atoms with Gasteiger partial charge in [-0.3, -0.25) is 4.79 Å². The van der Waals surface area contributed by atoms with E-state index in [4.69, 9.17) is 32.2 Å². The van der Waals surface area contributed by atoms with Crippen LogP contribution in [0.5, 0.6) is 17.2 Å². The molecule has 0 aliphatic heterocycles. The molecule has 1 rings (SSSR count). The van der Waals surface area contributed by atoms with Gasteiger partial charge in [0.2, 0.25) is 5.75 Å². The van der Waals surface area contributed by atoms with E-state index in [0.29, 0.717) is 40.8 Å². The number of carbonyl (C=O) groups is 1. The highest BCUT2D eigenvalue weighted by molar-refractivity contribution is 7.80.